The van der Waals surface area contributed by atoms with E-state index < -0.39 is 23.9 Å². The normalized spacial score (nSPS) is 11.1. The molecule has 2 aromatic carbocycles. The molecule has 0 aliphatic carbocycles. The third-order valence-corrected chi connectivity index (χ3v) is 3.99. The summed E-state index contributed by atoms with van der Waals surface area (Å²) in [6.45, 7) is 1.41. The first-order valence-electron chi connectivity index (χ1n) is 8.95. The second-order valence-electron chi connectivity index (χ2n) is 6.12. The molecule has 154 valence electrons. The predicted molar refractivity (Wildman–Crippen MR) is 106 cm³/mol. The topological polar surface area (TPSA) is 103 Å². The van der Waals surface area contributed by atoms with Crippen LogP contribution in [0.4, 0.5) is 0 Å². The molecular formula is C21H24N2O6. The standard InChI is InChI=1S/C21H24N2O6/c1-14(20(25)22-12-15-7-5-4-6-8-15)29-19(24)13-23-21(26)16-9-17(27-2)11-18(10-16)28-3/h4-11,14H,12-13H2,1-3H3,(H,22,25)(H,23,26)/t14-/m1/s1. The molecule has 0 bridgehead atoms. The maximum Gasteiger partial charge on any atom is 0.326 e. The van der Waals surface area contributed by atoms with Crippen LogP contribution in [0.1, 0.15) is 22.8 Å². The molecule has 0 fully saturated rings. The lowest BCUT2D eigenvalue weighted by Gasteiger charge is -2.14. The minimum Gasteiger partial charge on any atom is -0.497 e. The van der Waals surface area contributed by atoms with Crippen molar-refractivity contribution in [2.75, 3.05) is 20.8 Å². The minimum absolute atomic E-state index is 0.266. The Bertz CT molecular complexity index is 831. The van der Waals surface area contributed by atoms with Gasteiger partial charge in [-0.05, 0) is 24.6 Å². The SMILES string of the molecule is COc1cc(OC)cc(C(=O)NCC(=O)O[C@H](C)C(=O)NCc2ccccc2)c1. The van der Waals surface area contributed by atoms with E-state index in [1.807, 2.05) is 30.3 Å². The van der Waals surface area contributed by atoms with Gasteiger partial charge in [0.1, 0.15) is 18.0 Å². The van der Waals surface area contributed by atoms with Gasteiger partial charge in [-0.1, -0.05) is 30.3 Å². The number of ether oxygens (including phenoxy) is 3. The Morgan fingerprint density at radius 1 is 0.931 bits per heavy atom. The van der Waals surface area contributed by atoms with Crippen LogP contribution in [0.3, 0.4) is 0 Å². The molecule has 0 saturated carbocycles. The molecule has 0 aliphatic rings. The van der Waals surface area contributed by atoms with Gasteiger partial charge in [-0.15, -0.1) is 0 Å². The zero-order valence-electron chi connectivity index (χ0n) is 16.6. The Morgan fingerprint density at radius 3 is 2.14 bits per heavy atom. The van der Waals surface area contributed by atoms with E-state index in [2.05, 4.69) is 10.6 Å². The quantitative estimate of drug-likeness (QED) is 0.621. The van der Waals surface area contributed by atoms with Gasteiger partial charge in [0.25, 0.3) is 11.8 Å². The fraction of sp³-hybridized carbons (Fsp3) is 0.286. The number of carbonyl (C=O) groups excluding carboxylic acids is 3. The Morgan fingerprint density at radius 2 is 1.55 bits per heavy atom. The first-order chi connectivity index (χ1) is 13.9. The van der Waals surface area contributed by atoms with Crippen molar-refractivity contribution in [1.29, 1.82) is 0 Å². The number of carbonyl (C=O) groups is 3. The van der Waals surface area contributed by atoms with Gasteiger partial charge in [-0.2, -0.15) is 0 Å². The van der Waals surface area contributed by atoms with Crippen LogP contribution in [-0.4, -0.2) is 44.7 Å². The van der Waals surface area contributed by atoms with E-state index >= 15 is 0 Å². The Labute approximate surface area is 169 Å². The molecule has 0 saturated heterocycles. The second kappa shape index (κ2) is 10.7. The molecule has 2 N–H and O–H groups in total. The van der Waals surface area contributed by atoms with Crippen LogP contribution in [0.2, 0.25) is 0 Å². The minimum atomic E-state index is -0.986. The molecule has 2 amide bonds. The molecule has 0 spiro atoms. The molecule has 2 aromatic rings. The van der Waals surface area contributed by atoms with Crippen molar-refractivity contribution >= 4 is 17.8 Å². The van der Waals surface area contributed by atoms with E-state index in [4.69, 9.17) is 14.2 Å². The molecule has 2 rings (SSSR count). The monoisotopic (exact) mass is 400 g/mol. The summed E-state index contributed by atoms with van der Waals surface area (Å²) in [7, 11) is 2.94. The van der Waals surface area contributed by atoms with Gasteiger partial charge in [-0.3, -0.25) is 14.4 Å². The van der Waals surface area contributed by atoms with Crippen molar-refractivity contribution in [2.24, 2.45) is 0 Å². The molecule has 8 heteroatoms. The Kier molecular flexibility index (Phi) is 8.02. The van der Waals surface area contributed by atoms with Gasteiger partial charge in [0.15, 0.2) is 6.10 Å². The van der Waals surface area contributed by atoms with Crippen LogP contribution in [0, 0.1) is 0 Å². The maximum absolute atomic E-state index is 12.3. The summed E-state index contributed by atoms with van der Waals surface area (Å²) in [4.78, 5) is 36.3. The predicted octanol–water partition coefficient (Wildman–Crippen LogP) is 1.68. The van der Waals surface area contributed by atoms with Crippen molar-refractivity contribution < 1.29 is 28.6 Å². The van der Waals surface area contributed by atoms with Gasteiger partial charge >= 0.3 is 5.97 Å². The maximum atomic E-state index is 12.3. The first kappa shape index (κ1) is 21.7. The zero-order chi connectivity index (χ0) is 21.2. The summed E-state index contributed by atoms with van der Waals surface area (Å²) in [6, 6.07) is 14.0. The highest BCUT2D eigenvalue weighted by molar-refractivity contribution is 5.96. The average Bonchev–Trinajstić information content (AvgIpc) is 2.75. The Balaban J connectivity index is 1.81. The number of benzene rings is 2. The molecule has 0 aromatic heterocycles. The highest BCUT2D eigenvalue weighted by Crippen LogP contribution is 2.22. The largest absolute Gasteiger partial charge is 0.497 e. The second-order valence-corrected chi connectivity index (χ2v) is 6.12. The first-order valence-corrected chi connectivity index (χ1v) is 8.95. The third-order valence-electron chi connectivity index (χ3n) is 3.99. The summed E-state index contributed by atoms with van der Waals surface area (Å²) in [5.41, 5.74) is 1.20. The number of hydrogen-bond acceptors (Lipinski definition) is 6. The lowest BCUT2D eigenvalue weighted by molar-refractivity contribution is -0.153. The number of amides is 2. The number of nitrogens with one attached hydrogen (secondary N) is 2. The van der Waals surface area contributed by atoms with Gasteiger partial charge in [-0.25, -0.2) is 0 Å². The highest BCUT2D eigenvalue weighted by Gasteiger charge is 2.18. The highest BCUT2D eigenvalue weighted by atomic mass is 16.5. The van der Waals surface area contributed by atoms with Gasteiger partial charge in [0, 0.05) is 18.2 Å². The van der Waals surface area contributed by atoms with Crippen LogP contribution in [0.25, 0.3) is 0 Å². The molecule has 0 radical (unpaired) electrons. The van der Waals surface area contributed by atoms with Crippen molar-refractivity contribution in [3.05, 3.63) is 59.7 Å². The van der Waals surface area contributed by atoms with E-state index in [0.717, 1.165) is 5.56 Å². The van der Waals surface area contributed by atoms with Crippen molar-refractivity contribution in [3.63, 3.8) is 0 Å². The van der Waals surface area contributed by atoms with Gasteiger partial charge in [0.05, 0.1) is 14.2 Å². The number of hydrogen-bond donors (Lipinski definition) is 2. The summed E-state index contributed by atoms with van der Waals surface area (Å²) >= 11 is 0. The molecule has 29 heavy (non-hydrogen) atoms. The smallest absolute Gasteiger partial charge is 0.326 e. The summed E-state index contributed by atoms with van der Waals surface area (Å²) in [6.07, 6.45) is -0.986. The van der Waals surface area contributed by atoms with Crippen molar-refractivity contribution in [2.45, 2.75) is 19.6 Å². The lowest BCUT2D eigenvalue weighted by Crippen LogP contribution is -2.38. The van der Waals surface area contributed by atoms with Crippen LogP contribution in [-0.2, 0) is 20.9 Å². The van der Waals surface area contributed by atoms with Crippen molar-refractivity contribution in [1.82, 2.24) is 10.6 Å². The summed E-state index contributed by atoms with van der Waals surface area (Å²) < 4.78 is 15.3. The van der Waals surface area contributed by atoms with Crippen molar-refractivity contribution in [3.8, 4) is 11.5 Å². The number of esters is 1. The number of methoxy groups -OCH3 is 2. The summed E-state index contributed by atoms with van der Waals surface area (Å²) in [5.74, 6) is -0.761. The van der Waals surface area contributed by atoms with Crippen LogP contribution in [0.5, 0.6) is 11.5 Å². The van der Waals surface area contributed by atoms with Crippen LogP contribution in [0.15, 0.2) is 48.5 Å². The van der Waals surface area contributed by atoms with E-state index in [-0.39, 0.29) is 12.1 Å². The molecular weight excluding hydrogens is 376 g/mol. The fourth-order valence-electron chi connectivity index (χ4n) is 2.41. The van der Waals surface area contributed by atoms with E-state index in [1.165, 1.54) is 33.3 Å². The van der Waals surface area contributed by atoms with Gasteiger partial charge in [0.2, 0.25) is 0 Å². The number of rotatable bonds is 9. The average molecular weight is 400 g/mol. The fourth-order valence-corrected chi connectivity index (χ4v) is 2.41. The third kappa shape index (κ3) is 6.84. The molecule has 8 nitrogen and oxygen atoms in total. The molecule has 0 heterocycles. The van der Waals surface area contributed by atoms with Crippen LogP contribution < -0.4 is 20.1 Å². The van der Waals surface area contributed by atoms with Crippen LogP contribution >= 0.6 is 0 Å². The van der Waals surface area contributed by atoms with E-state index in [1.54, 1.807) is 6.07 Å². The summed E-state index contributed by atoms with van der Waals surface area (Å²) in [5, 5.41) is 5.14. The lowest BCUT2D eigenvalue weighted by atomic mass is 10.2. The Hall–Kier alpha value is -3.55. The van der Waals surface area contributed by atoms with E-state index in [9.17, 15) is 14.4 Å². The molecule has 1 atom stereocenters. The zero-order valence-corrected chi connectivity index (χ0v) is 16.6. The van der Waals surface area contributed by atoms with E-state index in [0.29, 0.717) is 18.0 Å². The molecule has 0 aliphatic heterocycles. The molecule has 0 unspecified atom stereocenters. The van der Waals surface area contributed by atoms with Gasteiger partial charge < -0.3 is 24.8 Å².